The Morgan fingerprint density at radius 2 is 1.44 bits per heavy atom. The van der Waals surface area contributed by atoms with Gasteiger partial charge in [-0.05, 0) is 43.7 Å². The van der Waals surface area contributed by atoms with E-state index in [1.165, 1.54) is 36.4 Å². The minimum atomic E-state index is -3.35. The van der Waals surface area contributed by atoms with Crippen molar-refractivity contribution in [3.63, 3.8) is 0 Å². The zero-order valence-corrected chi connectivity index (χ0v) is 15.8. The molecule has 0 radical (unpaired) electrons. The van der Waals surface area contributed by atoms with Gasteiger partial charge in [-0.2, -0.15) is 0 Å². The molecule has 0 fully saturated rings. The summed E-state index contributed by atoms with van der Waals surface area (Å²) in [4.78, 5) is 13.0. The Balaban J connectivity index is 2.12. The van der Waals surface area contributed by atoms with Gasteiger partial charge in [0.05, 0.1) is 10.5 Å². The Kier molecular flexibility index (Phi) is 4.67. The van der Waals surface area contributed by atoms with Crippen molar-refractivity contribution in [3.05, 3.63) is 65.2 Å². The molecule has 0 bridgehead atoms. The number of benzene rings is 2. The molecule has 1 aliphatic rings. The maximum Gasteiger partial charge on any atom is 0.263 e. The van der Waals surface area contributed by atoms with Crippen LogP contribution in [0.15, 0.2) is 53.4 Å². The zero-order valence-electron chi connectivity index (χ0n) is 15.0. The monoisotopic (exact) mass is 392 g/mol. The van der Waals surface area contributed by atoms with Crippen molar-refractivity contribution in [2.24, 2.45) is 0 Å². The maximum absolute atomic E-state index is 12.8. The van der Waals surface area contributed by atoms with Gasteiger partial charge in [0.2, 0.25) is 5.78 Å². The largest absolute Gasteiger partial charge is 0.478 e. The molecule has 7 heteroatoms. The summed E-state index contributed by atoms with van der Waals surface area (Å²) in [5, 5.41) is 0. The van der Waals surface area contributed by atoms with E-state index in [0.29, 0.717) is 16.9 Å². The Morgan fingerprint density at radius 3 is 1.93 bits per heavy atom. The summed E-state index contributed by atoms with van der Waals surface area (Å²) < 4.78 is 54.7. The summed E-state index contributed by atoms with van der Waals surface area (Å²) in [5.41, 5.74) is 0.0463. The predicted octanol–water partition coefficient (Wildman–Crippen LogP) is 4.27. The lowest BCUT2D eigenvalue weighted by molar-refractivity contribution is -0.125. The topological polar surface area (TPSA) is 60.4 Å². The van der Waals surface area contributed by atoms with Gasteiger partial charge in [0, 0.05) is 17.4 Å². The second-order valence-corrected chi connectivity index (χ2v) is 8.88. The van der Waals surface area contributed by atoms with Gasteiger partial charge >= 0.3 is 0 Å². The van der Waals surface area contributed by atoms with E-state index in [1.54, 1.807) is 26.0 Å². The number of carbonyl (C=O) groups excluding carboxylic acids is 1. The maximum atomic E-state index is 12.8. The van der Waals surface area contributed by atoms with Crippen molar-refractivity contribution in [1.29, 1.82) is 0 Å². The second kappa shape index (κ2) is 6.56. The number of Topliss-reactive ketones (excluding diaryl/α,β-unsaturated/α-hetero) is 1. The molecule has 1 heterocycles. The molecule has 3 rings (SSSR count). The fraction of sp³-hybridized carbons (Fsp3) is 0.250. The molecule has 0 unspecified atom stereocenters. The van der Waals surface area contributed by atoms with E-state index in [4.69, 9.17) is 4.74 Å². The van der Waals surface area contributed by atoms with Crippen molar-refractivity contribution >= 4 is 27.0 Å². The van der Waals surface area contributed by atoms with Gasteiger partial charge < -0.3 is 4.74 Å². The Labute approximate surface area is 156 Å². The van der Waals surface area contributed by atoms with Crippen LogP contribution in [0.1, 0.15) is 37.0 Å². The SMILES string of the molecule is CC1(C)OC(c2ccc(S(C)(=O)=O)cc2)=C(c2ccc(C(F)F)cc2)C1=O. The smallest absolute Gasteiger partial charge is 0.263 e. The molecule has 0 aliphatic carbocycles. The standard InChI is InChI=1S/C20H18F2O4S/c1-20(2)18(23)16(12-4-6-14(7-5-12)19(21)22)17(26-20)13-8-10-15(11-9-13)27(3,24)25/h4-11,19H,1-3H3. The molecular weight excluding hydrogens is 374 g/mol. The number of carbonyl (C=O) groups is 1. The van der Waals surface area contributed by atoms with Gasteiger partial charge in [-0.25, -0.2) is 17.2 Å². The van der Waals surface area contributed by atoms with Crippen LogP contribution in [0.5, 0.6) is 0 Å². The average Bonchev–Trinajstić information content (AvgIpc) is 2.84. The number of hydrogen-bond acceptors (Lipinski definition) is 4. The first kappa shape index (κ1) is 19.2. The van der Waals surface area contributed by atoms with Crippen LogP contribution >= 0.6 is 0 Å². The fourth-order valence-corrected chi connectivity index (χ4v) is 3.50. The van der Waals surface area contributed by atoms with Crippen LogP contribution in [0, 0.1) is 0 Å². The lowest BCUT2D eigenvalue weighted by Crippen LogP contribution is -2.29. The van der Waals surface area contributed by atoms with Crippen LogP contribution in [-0.2, 0) is 19.4 Å². The second-order valence-electron chi connectivity index (χ2n) is 6.86. The van der Waals surface area contributed by atoms with E-state index in [-0.39, 0.29) is 21.8 Å². The van der Waals surface area contributed by atoms with Crippen LogP contribution in [-0.4, -0.2) is 26.1 Å². The quantitative estimate of drug-likeness (QED) is 0.780. The summed E-state index contributed by atoms with van der Waals surface area (Å²) in [6.45, 7) is 3.25. The molecule has 0 saturated heterocycles. The van der Waals surface area contributed by atoms with Crippen LogP contribution in [0.3, 0.4) is 0 Å². The highest BCUT2D eigenvalue weighted by molar-refractivity contribution is 7.90. The third-order valence-corrected chi connectivity index (χ3v) is 5.48. The first-order valence-corrected chi connectivity index (χ1v) is 10.1. The number of ketones is 1. The number of rotatable bonds is 4. The number of alkyl halides is 2. The minimum Gasteiger partial charge on any atom is -0.478 e. The number of halogens is 2. The van der Waals surface area contributed by atoms with Gasteiger partial charge in [0.15, 0.2) is 15.4 Å². The molecule has 0 aromatic heterocycles. The van der Waals surface area contributed by atoms with E-state index < -0.39 is 21.9 Å². The van der Waals surface area contributed by atoms with Gasteiger partial charge in [-0.15, -0.1) is 0 Å². The molecule has 0 atom stereocenters. The molecule has 27 heavy (non-hydrogen) atoms. The first-order chi connectivity index (χ1) is 12.5. The Bertz CT molecular complexity index is 1020. The summed E-state index contributed by atoms with van der Waals surface area (Å²) in [6, 6.07) is 11.5. The first-order valence-electron chi connectivity index (χ1n) is 8.18. The number of ether oxygens (including phenoxy) is 1. The van der Waals surface area contributed by atoms with Crippen LogP contribution in [0.25, 0.3) is 11.3 Å². The normalized spacial score (nSPS) is 16.7. The highest BCUT2D eigenvalue weighted by atomic mass is 32.2. The minimum absolute atomic E-state index is 0.135. The van der Waals surface area contributed by atoms with E-state index in [9.17, 15) is 22.0 Å². The van der Waals surface area contributed by atoms with E-state index in [2.05, 4.69) is 0 Å². The molecule has 0 spiro atoms. The molecule has 0 N–H and O–H groups in total. The van der Waals surface area contributed by atoms with Gasteiger partial charge in [-0.3, -0.25) is 4.79 Å². The van der Waals surface area contributed by atoms with Gasteiger partial charge in [-0.1, -0.05) is 24.3 Å². The Hall–Kier alpha value is -2.54. The third kappa shape index (κ3) is 3.64. The fourth-order valence-electron chi connectivity index (χ4n) is 2.87. The van der Waals surface area contributed by atoms with Crippen LogP contribution < -0.4 is 0 Å². The summed E-state index contributed by atoms with van der Waals surface area (Å²) in [5.74, 6) is 0.0318. The highest BCUT2D eigenvalue weighted by Gasteiger charge is 2.42. The molecule has 142 valence electrons. The molecular formula is C20H18F2O4S. The van der Waals surface area contributed by atoms with Gasteiger partial charge in [0.25, 0.3) is 6.43 Å². The molecule has 0 saturated carbocycles. The molecule has 0 amide bonds. The van der Waals surface area contributed by atoms with Crippen molar-refractivity contribution in [2.45, 2.75) is 30.8 Å². The van der Waals surface area contributed by atoms with Gasteiger partial charge in [0.1, 0.15) is 5.76 Å². The molecule has 2 aromatic rings. The summed E-state index contributed by atoms with van der Waals surface area (Å²) >= 11 is 0. The molecule has 2 aromatic carbocycles. The van der Waals surface area contributed by atoms with E-state index in [0.717, 1.165) is 6.26 Å². The van der Waals surface area contributed by atoms with Crippen molar-refractivity contribution in [1.82, 2.24) is 0 Å². The lowest BCUT2D eigenvalue weighted by Gasteiger charge is -2.17. The summed E-state index contributed by atoms with van der Waals surface area (Å²) in [6.07, 6.45) is -1.49. The van der Waals surface area contributed by atoms with Crippen molar-refractivity contribution in [2.75, 3.05) is 6.26 Å². The van der Waals surface area contributed by atoms with Crippen LogP contribution in [0.4, 0.5) is 8.78 Å². The molecule has 4 nitrogen and oxygen atoms in total. The Morgan fingerprint density at radius 1 is 0.926 bits per heavy atom. The average molecular weight is 392 g/mol. The zero-order chi connectivity index (χ0) is 20.0. The van der Waals surface area contributed by atoms with E-state index >= 15 is 0 Å². The van der Waals surface area contributed by atoms with Crippen LogP contribution in [0.2, 0.25) is 0 Å². The van der Waals surface area contributed by atoms with Crippen molar-refractivity contribution < 1.29 is 26.7 Å². The van der Waals surface area contributed by atoms with Crippen molar-refractivity contribution in [3.8, 4) is 0 Å². The van der Waals surface area contributed by atoms with E-state index in [1.807, 2.05) is 0 Å². The molecule has 1 aliphatic heterocycles. The number of hydrogen-bond donors (Lipinski definition) is 0. The number of sulfone groups is 1. The lowest BCUT2D eigenvalue weighted by atomic mass is 9.92. The predicted molar refractivity (Wildman–Crippen MR) is 97.9 cm³/mol. The highest BCUT2D eigenvalue weighted by Crippen LogP contribution is 2.41. The summed E-state index contributed by atoms with van der Waals surface area (Å²) in [7, 11) is -3.35. The third-order valence-electron chi connectivity index (χ3n) is 4.35.